The van der Waals surface area contributed by atoms with Crippen LogP contribution in [0.2, 0.25) is 10.0 Å². The van der Waals surface area contributed by atoms with Gasteiger partial charge in [-0.3, -0.25) is 9.59 Å². The maximum absolute atomic E-state index is 12.3. The summed E-state index contributed by atoms with van der Waals surface area (Å²) < 4.78 is 0. The number of hydrogen-bond donors (Lipinski definition) is 3. The first kappa shape index (κ1) is 16.3. The maximum Gasteiger partial charge on any atom is 0.323 e. The molecule has 0 saturated heterocycles. The summed E-state index contributed by atoms with van der Waals surface area (Å²) in [5.74, 6) is -2.09. The molecule has 0 radical (unpaired) electrons. The van der Waals surface area contributed by atoms with E-state index in [2.05, 4.69) is 9.97 Å². The van der Waals surface area contributed by atoms with Crippen LogP contribution in [0.25, 0.3) is 11.3 Å². The molecule has 0 aliphatic carbocycles. The number of carbonyl (C=O) groups excluding carboxylic acids is 1. The highest BCUT2D eigenvalue weighted by atomic mass is 35.5. The van der Waals surface area contributed by atoms with Gasteiger partial charge in [-0.05, 0) is 12.1 Å². The number of aliphatic carboxylic acids is 1. The molecule has 1 aromatic heterocycles. The van der Waals surface area contributed by atoms with E-state index in [-0.39, 0.29) is 39.7 Å². The largest absolute Gasteiger partial charge is 0.506 e. The molecule has 0 atom stereocenters. The van der Waals surface area contributed by atoms with Crippen molar-refractivity contribution < 1.29 is 19.8 Å². The number of carboxylic acid groups (broad SMARTS) is 1. The van der Waals surface area contributed by atoms with Crippen molar-refractivity contribution >= 4 is 41.0 Å². The summed E-state index contributed by atoms with van der Waals surface area (Å²) in [5.41, 5.74) is 6.62. The fourth-order valence-electron chi connectivity index (χ4n) is 2.47. The number of nitrogens with zero attached hydrogens (tertiary/aromatic N) is 3. The van der Waals surface area contributed by atoms with Crippen LogP contribution in [0.4, 0.5) is 5.95 Å². The third kappa shape index (κ3) is 2.70. The van der Waals surface area contributed by atoms with Crippen LogP contribution in [0.3, 0.4) is 0 Å². The Hall–Kier alpha value is -2.58. The number of rotatable bonds is 3. The smallest absolute Gasteiger partial charge is 0.323 e. The number of carbonyl (C=O) groups is 2. The van der Waals surface area contributed by atoms with Crippen LogP contribution in [0.5, 0.6) is 5.75 Å². The third-order valence-corrected chi connectivity index (χ3v) is 4.10. The Bertz CT molecular complexity index is 888. The summed E-state index contributed by atoms with van der Waals surface area (Å²) in [6, 6.07) is 2.64. The fraction of sp³-hybridized carbons (Fsp3) is 0.143. The number of aromatic nitrogens is 2. The number of benzene rings is 1. The number of carboxylic acids is 1. The molecule has 124 valence electrons. The molecule has 1 aliphatic rings. The number of nitrogens with two attached hydrogens (primary N) is 1. The van der Waals surface area contributed by atoms with Gasteiger partial charge in [0, 0.05) is 11.1 Å². The lowest BCUT2D eigenvalue weighted by Crippen LogP contribution is -2.30. The van der Waals surface area contributed by atoms with E-state index in [9.17, 15) is 14.7 Å². The van der Waals surface area contributed by atoms with Crippen molar-refractivity contribution in [2.45, 2.75) is 6.54 Å². The number of anilines is 1. The second-order valence-corrected chi connectivity index (χ2v) is 5.91. The van der Waals surface area contributed by atoms with Crippen LogP contribution in [0.15, 0.2) is 12.1 Å². The number of fused-ring (bicyclic) bond motifs is 1. The summed E-state index contributed by atoms with van der Waals surface area (Å²) in [5, 5.41) is 19.0. The molecule has 3 rings (SSSR count). The van der Waals surface area contributed by atoms with Crippen LogP contribution in [0, 0.1) is 0 Å². The minimum atomic E-state index is -1.15. The highest BCUT2D eigenvalue weighted by Gasteiger charge is 2.34. The van der Waals surface area contributed by atoms with E-state index in [1.807, 2.05) is 0 Å². The third-order valence-electron chi connectivity index (χ3n) is 3.48. The Morgan fingerprint density at radius 2 is 1.92 bits per heavy atom. The first-order valence-electron chi connectivity index (χ1n) is 6.63. The average Bonchev–Trinajstić information content (AvgIpc) is 2.79. The number of aromatic hydroxyl groups is 1. The molecule has 0 bridgehead atoms. The standard InChI is InChI=1S/C14H10Cl2N4O4/c15-7-2-8(16)9(21)1-5(7)11-6-3-20(4-10(22)23)13(24)12(6)19-14(17)18-11/h1-2,21H,3-4H2,(H,22,23)(H2,17,18,19). The first-order valence-corrected chi connectivity index (χ1v) is 7.39. The number of amides is 1. The lowest BCUT2D eigenvalue weighted by atomic mass is 10.1. The van der Waals surface area contributed by atoms with Crippen molar-refractivity contribution in [1.82, 2.24) is 14.9 Å². The van der Waals surface area contributed by atoms with E-state index in [0.29, 0.717) is 11.1 Å². The Morgan fingerprint density at radius 1 is 1.25 bits per heavy atom. The molecule has 10 heteroatoms. The summed E-state index contributed by atoms with van der Waals surface area (Å²) in [6.07, 6.45) is 0. The van der Waals surface area contributed by atoms with Gasteiger partial charge in [-0.2, -0.15) is 0 Å². The Morgan fingerprint density at radius 3 is 2.58 bits per heavy atom. The predicted molar refractivity (Wildman–Crippen MR) is 85.9 cm³/mol. The maximum atomic E-state index is 12.3. The van der Waals surface area contributed by atoms with Crippen molar-refractivity contribution in [3.63, 3.8) is 0 Å². The van der Waals surface area contributed by atoms with Gasteiger partial charge in [0.25, 0.3) is 5.91 Å². The molecule has 8 nitrogen and oxygen atoms in total. The lowest BCUT2D eigenvalue weighted by Gasteiger charge is -2.12. The van der Waals surface area contributed by atoms with Crippen molar-refractivity contribution in [3.8, 4) is 17.0 Å². The zero-order chi connectivity index (χ0) is 17.6. The van der Waals surface area contributed by atoms with Gasteiger partial charge in [0.2, 0.25) is 5.95 Å². The van der Waals surface area contributed by atoms with Gasteiger partial charge < -0.3 is 20.8 Å². The molecule has 1 aromatic carbocycles. The summed E-state index contributed by atoms with van der Waals surface area (Å²) in [6.45, 7) is -0.482. The van der Waals surface area contributed by atoms with Gasteiger partial charge in [0.1, 0.15) is 18.0 Å². The predicted octanol–water partition coefficient (Wildman–Crippen LogP) is 1.78. The van der Waals surface area contributed by atoms with Crippen molar-refractivity contribution in [2.24, 2.45) is 0 Å². The molecule has 2 heterocycles. The minimum absolute atomic E-state index is 0.00417. The van der Waals surface area contributed by atoms with Crippen LogP contribution in [0.1, 0.15) is 16.1 Å². The highest BCUT2D eigenvalue weighted by molar-refractivity contribution is 6.37. The first-order chi connectivity index (χ1) is 11.3. The second kappa shape index (κ2) is 5.81. The van der Waals surface area contributed by atoms with Crippen LogP contribution in [-0.2, 0) is 11.3 Å². The molecule has 1 aliphatic heterocycles. The molecule has 1 amide bonds. The Labute approximate surface area is 145 Å². The van der Waals surface area contributed by atoms with E-state index < -0.39 is 18.4 Å². The number of nitrogen functional groups attached to an aromatic ring is 1. The molecule has 0 saturated carbocycles. The number of hydrogen-bond acceptors (Lipinski definition) is 6. The van der Waals surface area contributed by atoms with Crippen LogP contribution >= 0.6 is 23.2 Å². The van der Waals surface area contributed by atoms with Crippen molar-refractivity contribution in [2.75, 3.05) is 12.3 Å². The van der Waals surface area contributed by atoms with E-state index in [0.717, 1.165) is 4.90 Å². The molecule has 4 N–H and O–H groups in total. The van der Waals surface area contributed by atoms with E-state index >= 15 is 0 Å². The van der Waals surface area contributed by atoms with E-state index in [4.69, 9.17) is 34.0 Å². The molecule has 2 aromatic rings. The van der Waals surface area contributed by atoms with Gasteiger partial charge in [-0.15, -0.1) is 0 Å². The lowest BCUT2D eigenvalue weighted by molar-refractivity contribution is -0.137. The van der Waals surface area contributed by atoms with Crippen LogP contribution < -0.4 is 5.73 Å². The van der Waals surface area contributed by atoms with Gasteiger partial charge in [-0.1, -0.05) is 23.2 Å². The molecule has 0 spiro atoms. The number of phenols is 1. The fourth-order valence-corrected chi connectivity index (χ4v) is 2.95. The Balaban J connectivity index is 2.17. The van der Waals surface area contributed by atoms with Crippen molar-refractivity contribution in [1.29, 1.82) is 0 Å². The van der Waals surface area contributed by atoms with Gasteiger partial charge in [0.05, 0.1) is 22.3 Å². The van der Waals surface area contributed by atoms with Gasteiger partial charge in [-0.25, -0.2) is 9.97 Å². The SMILES string of the molecule is Nc1nc2c(c(-c3cc(O)c(Cl)cc3Cl)n1)CN(CC(=O)O)C2=O. The Kier molecular flexibility index (Phi) is 3.94. The molecule has 24 heavy (non-hydrogen) atoms. The molecule has 0 unspecified atom stereocenters. The average molecular weight is 369 g/mol. The van der Waals surface area contributed by atoms with Gasteiger partial charge >= 0.3 is 5.97 Å². The van der Waals surface area contributed by atoms with Crippen molar-refractivity contribution in [3.05, 3.63) is 33.4 Å². The normalized spacial score (nSPS) is 13.2. The quantitative estimate of drug-likeness (QED) is 0.752. The zero-order valence-corrected chi connectivity index (χ0v) is 13.5. The highest BCUT2D eigenvalue weighted by Crippen LogP contribution is 2.39. The van der Waals surface area contributed by atoms with Gasteiger partial charge in [0.15, 0.2) is 0 Å². The van der Waals surface area contributed by atoms with Crippen LogP contribution in [-0.4, -0.2) is 43.5 Å². The zero-order valence-electron chi connectivity index (χ0n) is 12.0. The molecular weight excluding hydrogens is 359 g/mol. The second-order valence-electron chi connectivity index (χ2n) is 5.10. The summed E-state index contributed by atoms with van der Waals surface area (Å²) in [4.78, 5) is 32.3. The summed E-state index contributed by atoms with van der Waals surface area (Å²) in [7, 11) is 0. The number of phenolic OH excluding ortho intramolecular Hbond substituents is 1. The van der Waals surface area contributed by atoms with E-state index in [1.54, 1.807) is 0 Å². The topological polar surface area (TPSA) is 130 Å². The monoisotopic (exact) mass is 368 g/mol. The summed E-state index contributed by atoms with van der Waals surface area (Å²) >= 11 is 12.0. The minimum Gasteiger partial charge on any atom is -0.506 e. The number of halogens is 2. The van der Waals surface area contributed by atoms with E-state index in [1.165, 1.54) is 12.1 Å². The molecular formula is C14H10Cl2N4O4. The molecule has 0 fully saturated rings.